The molecule has 0 unspecified atom stereocenters. The highest BCUT2D eigenvalue weighted by atomic mass is 16.1. The molecule has 3 N–H and O–H groups in total. The van der Waals surface area contributed by atoms with Gasteiger partial charge in [0.15, 0.2) is 0 Å². The van der Waals surface area contributed by atoms with Gasteiger partial charge in [-0.05, 0) is 31.2 Å². The van der Waals surface area contributed by atoms with E-state index in [0.29, 0.717) is 0 Å². The summed E-state index contributed by atoms with van der Waals surface area (Å²) in [5, 5.41) is 1.14. The van der Waals surface area contributed by atoms with Crippen molar-refractivity contribution in [2.75, 3.05) is 0 Å². The Hall–Kier alpha value is -2.03. The van der Waals surface area contributed by atoms with Crippen LogP contribution in [0.3, 0.4) is 0 Å². The van der Waals surface area contributed by atoms with E-state index in [1.807, 2.05) is 25.1 Å². The highest BCUT2D eigenvalue weighted by molar-refractivity contribution is 5.91. The number of aryl methyl sites for hydroxylation is 1. The van der Waals surface area contributed by atoms with Crippen molar-refractivity contribution in [3.05, 3.63) is 41.6 Å². The summed E-state index contributed by atoms with van der Waals surface area (Å²) in [7, 11) is 0. The molecule has 0 bridgehead atoms. The molecule has 0 fully saturated rings. The lowest BCUT2D eigenvalue weighted by Gasteiger charge is -1.90. The van der Waals surface area contributed by atoms with Gasteiger partial charge in [-0.1, -0.05) is 11.6 Å². The van der Waals surface area contributed by atoms with Crippen LogP contribution in [0.15, 0.2) is 30.3 Å². The zero-order chi connectivity index (χ0) is 10.8. The topological polar surface area (TPSA) is 58.9 Å². The van der Waals surface area contributed by atoms with Gasteiger partial charge in [-0.2, -0.15) is 0 Å². The van der Waals surface area contributed by atoms with E-state index in [4.69, 9.17) is 5.73 Å². The lowest BCUT2D eigenvalue weighted by molar-refractivity contribution is -0.113. The van der Waals surface area contributed by atoms with Gasteiger partial charge in [-0.3, -0.25) is 4.79 Å². The molecule has 0 aliphatic rings. The van der Waals surface area contributed by atoms with Crippen molar-refractivity contribution in [2.24, 2.45) is 5.73 Å². The summed E-state index contributed by atoms with van der Waals surface area (Å²) in [6, 6.07) is 8.14. The van der Waals surface area contributed by atoms with Gasteiger partial charge in [0.2, 0.25) is 5.91 Å². The highest BCUT2D eigenvalue weighted by Crippen LogP contribution is 2.17. The van der Waals surface area contributed by atoms with Gasteiger partial charge in [0.1, 0.15) is 0 Å². The summed E-state index contributed by atoms with van der Waals surface area (Å²) >= 11 is 0. The summed E-state index contributed by atoms with van der Waals surface area (Å²) in [6.07, 6.45) is 3.02. The Bertz CT molecular complexity index is 538. The molecule has 0 saturated carbocycles. The zero-order valence-electron chi connectivity index (χ0n) is 8.45. The minimum Gasteiger partial charge on any atom is -0.366 e. The van der Waals surface area contributed by atoms with Crippen molar-refractivity contribution >= 4 is 22.9 Å². The third kappa shape index (κ3) is 2.07. The van der Waals surface area contributed by atoms with E-state index >= 15 is 0 Å². The number of nitrogens with one attached hydrogen (secondary N) is 1. The Kier molecular flexibility index (Phi) is 2.29. The lowest BCUT2D eigenvalue weighted by Crippen LogP contribution is -2.05. The van der Waals surface area contributed by atoms with Gasteiger partial charge >= 0.3 is 0 Å². The molecule has 2 aromatic rings. The van der Waals surface area contributed by atoms with E-state index in [0.717, 1.165) is 16.6 Å². The fourth-order valence-electron chi connectivity index (χ4n) is 1.54. The second-order valence-corrected chi connectivity index (χ2v) is 3.55. The number of carbonyl (C=O) groups is 1. The Labute approximate surface area is 87.6 Å². The fraction of sp³-hybridized carbons (Fsp3) is 0.0833. The number of rotatable bonds is 2. The van der Waals surface area contributed by atoms with E-state index < -0.39 is 5.91 Å². The Balaban J connectivity index is 2.43. The number of hydrogen-bond acceptors (Lipinski definition) is 1. The first kappa shape index (κ1) is 9.52. The summed E-state index contributed by atoms with van der Waals surface area (Å²) < 4.78 is 0. The van der Waals surface area contributed by atoms with Crippen LogP contribution in [0, 0.1) is 6.92 Å². The summed E-state index contributed by atoms with van der Waals surface area (Å²) in [6.45, 7) is 2.05. The quantitative estimate of drug-likeness (QED) is 0.715. The zero-order valence-corrected chi connectivity index (χ0v) is 8.45. The molecule has 0 atom stereocenters. The standard InChI is InChI=1S/C12H12N2O/c1-8-2-4-11-9(6-8)7-10(14-11)3-5-12(13)15/h2-7,14H,1H3,(H2,13,15)/b5-3-. The molecule has 76 valence electrons. The number of aromatic amines is 1. The predicted octanol–water partition coefficient (Wildman–Crippen LogP) is 1.97. The molecule has 2 rings (SSSR count). The van der Waals surface area contributed by atoms with Crippen LogP contribution in [-0.4, -0.2) is 10.9 Å². The second-order valence-electron chi connectivity index (χ2n) is 3.55. The van der Waals surface area contributed by atoms with Crippen molar-refractivity contribution in [1.29, 1.82) is 0 Å². The number of nitrogens with two attached hydrogens (primary N) is 1. The third-order valence-corrected chi connectivity index (χ3v) is 2.22. The SMILES string of the molecule is Cc1ccc2[nH]c(/C=C\C(N)=O)cc2c1. The van der Waals surface area contributed by atoms with Crippen molar-refractivity contribution in [3.8, 4) is 0 Å². The molecule has 0 radical (unpaired) electrons. The molecular formula is C12H12N2O. The predicted molar refractivity (Wildman–Crippen MR) is 61.3 cm³/mol. The first-order valence-electron chi connectivity index (χ1n) is 4.72. The molecule has 1 amide bonds. The minimum absolute atomic E-state index is 0.440. The second kappa shape index (κ2) is 3.61. The van der Waals surface area contributed by atoms with Crippen molar-refractivity contribution in [2.45, 2.75) is 6.92 Å². The van der Waals surface area contributed by atoms with Crippen LogP contribution in [0.5, 0.6) is 0 Å². The van der Waals surface area contributed by atoms with Crippen LogP contribution in [0.1, 0.15) is 11.3 Å². The van der Waals surface area contributed by atoms with Crippen LogP contribution in [0.4, 0.5) is 0 Å². The first-order valence-corrected chi connectivity index (χ1v) is 4.72. The maximum Gasteiger partial charge on any atom is 0.241 e. The van der Waals surface area contributed by atoms with Gasteiger partial charge < -0.3 is 10.7 Å². The number of H-pyrrole nitrogens is 1. The van der Waals surface area contributed by atoms with Gasteiger partial charge in [-0.15, -0.1) is 0 Å². The molecule has 0 saturated heterocycles. The monoisotopic (exact) mass is 200 g/mol. The number of benzene rings is 1. The number of carbonyl (C=O) groups excluding carboxylic acids is 1. The molecule has 0 aliphatic heterocycles. The van der Waals surface area contributed by atoms with E-state index in [-0.39, 0.29) is 0 Å². The summed E-state index contributed by atoms with van der Waals surface area (Å²) in [5.41, 5.74) is 8.18. The van der Waals surface area contributed by atoms with Crippen LogP contribution in [-0.2, 0) is 4.79 Å². The molecule has 0 spiro atoms. The first-order chi connectivity index (χ1) is 7.15. The van der Waals surface area contributed by atoms with Crippen molar-refractivity contribution < 1.29 is 4.79 Å². The summed E-state index contributed by atoms with van der Waals surface area (Å²) in [5.74, 6) is -0.440. The van der Waals surface area contributed by atoms with E-state index in [2.05, 4.69) is 11.1 Å². The van der Waals surface area contributed by atoms with Crippen LogP contribution in [0.2, 0.25) is 0 Å². The number of fused-ring (bicyclic) bond motifs is 1. The summed E-state index contributed by atoms with van der Waals surface area (Å²) in [4.78, 5) is 13.7. The van der Waals surface area contributed by atoms with E-state index in [1.54, 1.807) is 6.08 Å². The Morgan fingerprint density at radius 1 is 1.40 bits per heavy atom. The lowest BCUT2D eigenvalue weighted by atomic mass is 10.2. The number of aromatic nitrogens is 1. The minimum atomic E-state index is -0.440. The van der Waals surface area contributed by atoms with Crippen molar-refractivity contribution in [1.82, 2.24) is 4.98 Å². The molecule has 1 aromatic carbocycles. The maximum absolute atomic E-state index is 10.6. The smallest absolute Gasteiger partial charge is 0.241 e. The largest absolute Gasteiger partial charge is 0.366 e. The van der Waals surface area contributed by atoms with E-state index in [9.17, 15) is 4.79 Å². The molecule has 1 aromatic heterocycles. The fourth-order valence-corrected chi connectivity index (χ4v) is 1.54. The van der Waals surface area contributed by atoms with Gasteiger partial charge in [0.25, 0.3) is 0 Å². The van der Waals surface area contributed by atoms with Gasteiger partial charge in [0, 0.05) is 22.7 Å². The number of hydrogen-bond donors (Lipinski definition) is 2. The Morgan fingerprint density at radius 3 is 2.93 bits per heavy atom. The number of primary amides is 1. The molecule has 15 heavy (non-hydrogen) atoms. The van der Waals surface area contributed by atoms with Gasteiger partial charge in [-0.25, -0.2) is 0 Å². The van der Waals surface area contributed by atoms with Crippen LogP contribution < -0.4 is 5.73 Å². The molecule has 0 aliphatic carbocycles. The van der Waals surface area contributed by atoms with Crippen LogP contribution >= 0.6 is 0 Å². The molecule has 1 heterocycles. The average Bonchev–Trinajstić information content (AvgIpc) is 2.56. The van der Waals surface area contributed by atoms with Crippen molar-refractivity contribution in [3.63, 3.8) is 0 Å². The molecule has 3 nitrogen and oxygen atoms in total. The molecular weight excluding hydrogens is 188 g/mol. The van der Waals surface area contributed by atoms with E-state index in [1.165, 1.54) is 11.6 Å². The normalized spacial score (nSPS) is 11.3. The maximum atomic E-state index is 10.6. The third-order valence-electron chi connectivity index (χ3n) is 2.22. The molecule has 3 heteroatoms. The van der Waals surface area contributed by atoms with Gasteiger partial charge in [0.05, 0.1) is 0 Å². The number of amides is 1. The Morgan fingerprint density at radius 2 is 2.20 bits per heavy atom. The van der Waals surface area contributed by atoms with Crippen LogP contribution in [0.25, 0.3) is 17.0 Å². The highest BCUT2D eigenvalue weighted by Gasteiger charge is 1.98. The average molecular weight is 200 g/mol.